The molecule has 0 bridgehead atoms. The molecular weight excluding hydrogens is 276 g/mol. The van der Waals surface area contributed by atoms with Gasteiger partial charge in [-0.05, 0) is 30.3 Å². The van der Waals surface area contributed by atoms with Crippen molar-refractivity contribution >= 4 is 34.8 Å². The highest BCUT2D eigenvalue weighted by Crippen LogP contribution is 2.22. The van der Waals surface area contributed by atoms with E-state index in [0.29, 0.717) is 22.0 Å². The molecule has 0 fully saturated rings. The third-order valence-corrected chi connectivity index (χ3v) is 2.80. The van der Waals surface area contributed by atoms with Crippen LogP contribution < -0.4 is 10.6 Å². The number of para-hydroxylation sites is 1. The number of benzene rings is 2. The summed E-state index contributed by atoms with van der Waals surface area (Å²) in [5.74, 6) is -0.572. The largest absolute Gasteiger partial charge is 0.326 e. The normalized spacial score (nSPS) is 9.90. The number of hydrogen-bond donors (Lipinski definition) is 2. The first-order valence-electron chi connectivity index (χ1n) is 6.00. The van der Waals surface area contributed by atoms with Crippen LogP contribution in [0.4, 0.5) is 11.4 Å². The van der Waals surface area contributed by atoms with Gasteiger partial charge in [0, 0.05) is 17.6 Å². The Morgan fingerprint density at radius 1 is 1.00 bits per heavy atom. The Balaban J connectivity index is 2.27. The Morgan fingerprint density at radius 3 is 2.35 bits per heavy atom. The molecule has 0 saturated carbocycles. The van der Waals surface area contributed by atoms with Crippen molar-refractivity contribution in [2.24, 2.45) is 0 Å². The molecule has 0 aliphatic carbocycles. The molecule has 0 heterocycles. The van der Waals surface area contributed by atoms with Gasteiger partial charge in [-0.15, -0.1) is 0 Å². The second-order valence-electron chi connectivity index (χ2n) is 4.19. The zero-order chi connectivity index (χ0) is 14.5. The van der Waals surface area contributed by atoms with E-state index in [1.807, 2.05) is 18.2 Å². The van der Waals surface area contributed by atoms with E-state index in [2.05, 4.69) is 10.6 Å². The van der Waals surface area contributed by atoms with Crippen LogP contribution in [-0.4, -0.2) is 11.8 Å². The zero-order valence-corrected chi connectivity index (χ0v) is 11.6. The average molecular weight is 289 g/mol. The molecule has 2 aromatic carbocycles. The maximum Gasteiger partial charge on any atom is 0.257 e. The van der Waals surface area contributed by atoms with Gasteiger partial charge in [-0.3, -0.25) is 9.59 Å². The van der Waals surface area contributed by atoms with Crippen molar-refractivity contribution in [3.8, 4) is 0 Å². The molecule has 0 spiro atoms. The summed E-state index contributed by atoms with van der Waals surface area (Å²) in [7, 11) is 0. The number of rotatable bonds is 3. The Morgan fingerprint density at radius 2 is 1.70 bits per heavy atom. The van der Waals surface area contributed by atoms with E-state index < -0.39 is 0 Å². The lowest BCUT2D eigenvalue weighted by Crippen LogP contribution is -2.16. The van der Waals surface area contributed by atoms with Gasteiger partial charge in [-0.1, -0.05) is 29.8 Å². The molecule has 2 rings (SSSR count). The molecule has 2 N–H and O–H groups in total. The summed E-state index contributed by atoms with van der Waals surface area (Å²) in [5, 5.41) is 5.80. The van der Waals surface area contributed by atoms with E-state index in [-0.39, 0.29) is 11.8 Å². The average Bonchev–Trinajstić information content (AvgIpc) is 2.39. The summed E-state index contributed by atoms with van der Waals surface area (Å²) in [6.07, 6.45) is 0. The first-order chi connectivity index (χ1) is 9.56. The Labute approximate surface area is 121 Å². The number of anilines is 2. The predicted octanol–water partition coefficient (Wildman–Crippen LogP) is 3.55. The molecule has 5 heteroatoms. The van der Waals surface area contributed by atoms with E-state index in [1.54, 1.807) is 30.3 Å². The van der Waals surface area contributed by atoms with E-state index in [1.165, 1.54) is 6.92 Å². The van der Waals surface area contributed by atoms with E-state index >= 15 is 0 Å². The molecule has 0 saturated heterocycles. The first-order valence-corrected chi connectivity index (χ1v) is 6.37. The van der Waals surface area contributed by atoms with Crippen molar-refractivity contribution in [2.45, 2.75) is 6.92 Å². The maximum absolute atomic E-state index is 12.2. The van der Waals surface area contributed by atoms with Crippen molar-refractivity contribution in [1.29, 1.82) is 0 Å². The van der Waals surface area contributed by atoms with Crippen LogP contribution >= 0.6 is 11.6 Å². The molecule has 0 atom stereocenters. The molecule has 0 aliphatic heterocycles. The van der Waals surface area contributed by atoms with Crippen LogP contribution in [0.1, 0.15) is 17.3 Å². The fourth-order valence-corrected chi connectivity index (χ4v) is 1.90. The van der Waals surface area contributed by atoms with Crippen molar-refractivity contribution in [3.05, 3.63) is 59.1 Å². The topological polar surface area (TPSA) is 58.2 Å². The number of carbonyl (C=O) groups excluding carboxylic acids is 2. The summed E-state index contributed by atoms with van der Waals surface area (Å²) in [6.45, 7) is 1.37. The lowest BCUT2D eigenvalue weighted by Gasteiger charge is -2.11. The lowest BCUT2D eigenvalue weighted by atomic mass is 10.1. The van der Waals surface area contributed by atoms with Crippen LogP contribution in [0, 0.1) is 0 Å². The summed E-state index contributed by atoms with van der Waals surface area (Å²) >= 11 is 5.88. The summed E-state index contributed by atoms with van der Waals surface area (Å²) in [5.41, 5.74) is 1.42. The minimum absolute atomic E-state index is 0.263. The fraction of sp³-hybridized carbons (Fsp3) is 0.0667. The first kappa shape index (κ1) is 14.1. The van der Waals surface area contributed by atoms with Gasteiger partial charge < -0.3 is 10.6 Å². The van der Waals surface area contributed by atoms with Gasteiger partial charge >= 0.3 is 0 Å². The van der Waals surface area contributed by atoms with Crippen molar-refractivity contribution < 1.29 is 9.59 Å². The highest BCUT2D eigenvalue weighted by molar-refractivity contribution is 6.31. The highest BCUT2D eigenvalue weighted by Gasteiger charge is 2.13. The maximum atomic E-state index is 12.2. The smallest absolute Gasteiger partial charge is 0.257 e. The molecule has 0 aliphatic rings. The fourth-order valence-electron chi connectivity index (χ4n) is 1.73. The van der Waals surface area contributed by atoms with E-state index in [9.17, 15) is 9.59 Å². The van der Waals surface area contributed by atoms with Gasteiger partial charge in [-0.25, -0.2) is 0 Å². The zero-order valence-electron chi connectivity index (χ0n) is 10.8. The number of hydrogen-bond acceptors (Lipinski definition) is 2. The van der Waals surface area contributed by atoms with Crippen LogP contribution in [0.5, 0.6) is 0 Å². The molecule has 0 unspecified atom stereocenters. The summed E-state index contributed by atoms with van der Waals surface area (Å²) < 4.78 is 0. The van der Waals surface area contributed by atoms with Gasteiger partial charge in [0.15, 0.2) is 0 Å². The summed E-state index contributed by atoms with van der Waals surface area (Å²) in [6, 6.07) is 13.8. The van der Waals surface area contributed by atoms with Crippen LogP contribution in [-0.2, 0) is 4.79 Å². The van der Waals surface area contributed by atoms with Crippen LogP contribution in [0.2, 0.25) is 5.02 Å². The predicted molar refractivity (Wildman–Crippen MR) is 80.2 cm³/mol. The molecular formula is C15H13ClN2O2. The number of carbonyl (C=O) groups is 2. The molecule has 4 nitrogen and oxygen atoms in total. The number of halogens is 1. The second-order valence-corrected chi connectivity index (χ2v) is 4.63. The Hall–Kier alpha value is -2.33. The molecule has 2 aromatic rings. The van der Waals surface area contributed by atoms with Crippen LogP contribution in [0.3, 0.4) is 0 Å². The van der Waals surface area contributed by atoms with Gasteiger partial charge in [-0.2, -0.15) is 0 Å². The SMILES string of the molecule is CC(=O)Nc1cc(Cl)ccc1C(=O)Nc1ccccc1. The number of nitrogens with one attached hydrogen (secondary N) is 2. The monoisotopic (exact) mass is 288 g/mol. The molecule has 20 heavy (non-hydrogen) atoms. The van der Waals surface area contributed by atoms with Crippen molar-refractivity contribution in [2.75, 3.05) is 10.6 Å². The number of amides is 2. The standard InChI is InChI=1S/C15H13ClN2O2/c1-10(19)17-14-9-11(16)7-8-13(14)15(20)18-12-5-3-2-4-6-12/h2-9H,1H3,(H,17,19)(H,18,20). The molecule has 0 radical (unpaired) electrons. The molecule has 102 valence electrons. The minimum Gasteiger partial charge on any atom is -0.326 e. The van der Waals surface area contributed by atoms with E-state index in [4.69, 9.17) is 11.6 Å². The quantitative estimate of drug-likeness (QED) is 0.907. The van der Waals surface area contributed by atoms with E-state index in [0.717, 1.165) is 0 Å². The van der Waals surface area contributed by atoms with Crippen molar-refractivity contribution in [3.63, 3.8) is 0 Å². The minimum atomic E-state index is -0.309. The third kappa shape index (κ3) is 3.59. The molecule has 0 aromatic heterocycles. The van der Waals surface area contributed by atoms with Crippen molar-refractivity contribution in [1.82, 2.24) is 0 Å². The van der Waals surface area contributed by atoms with Crippen LogP contribution in [0.15, 0.2) is 48.5 Å². The van der Waals surface area contributed by atoms with Gasteiger partial charge in [0.25, 0.3) is 5.91 Å². The Kier molecular flexibility index (Phi) is 4.38. The Bertz CT molecular complexity index is 642. The van der Waals surface area contributed by atoms with Gasteiger partial charge in [0.05, 0.1) is 11.3 Å². The van der Waals surface area contributed by atoms with Gasteiger partial charge in [0.1, 0.15) is 0 Å². The second kappa shape index (κ2) is 6.21. The van der Waals surface area contributed by atoms with Gasteiger partial charge in [0.2, 0.25) is 5.91 Å². The lowest BCUT2D eigenvalue weighted by molar-refractivity contribution is -0.114. The summed E-state index contributed by atoms with van der Waals surface area (Å²) in [4.78, 5) is 23.4. The molecule has 2 amide bonds. The van der Waals surface area contributed by atoms with Crippen LogP contribution in [0.25, 0.3) is 0 Å². The third-order valence-electron chi connectivity index (χ3n) is 2.57. The highest BCUT2D eigenvalue weighted by atomic mass is 35.5.